The molecule has 0 fully saturated rings. The van der Waals surface area contributed by atoms with Crippen molar-refractivity contribution >= 4 is 33.0 Å². The Morgan fingerprint density at radius 2 is 1.67 bits per heavy atom. The highest BCUT2D eigenvalue weighted by molar-refractivity contribution is 6.08. The fraction of sp³-hybridized carbons (Fsp3) is 0.0714. The lowest BCUT2D eigenvalue weighted by atomic mass is 10.0. The van der Waals surface area contributed by atoms with E-state index in [0.29, 0.717) is 28.2 Å². The maximum Gasteiger partial charge on any atom is 0.345 e. The number of hydrogen-bond donors (Lipinski definition) is 0. The van der Waals surface area contributed by atoms with Crippen molar-refractivity contribution < 1.29 is 13.6 Å². The molecule has 33 heavy (non-hydrogen) atoms. The van der Waals surface area contributed by atoms with Gasteiger partial charge in [-0.15, -0.1) is 0 Å². The van der Waals surface area contributed by atoms with Crippen LogP contribution in [0.1, 0.15) is 5.56 Å². The third-order valence-electron chi connectivity index (χ3n) is 5.88. The van der Waals surface area contributed by atoms with Crippen LogP contribution < -0.4 is 10.4 Å². The Labute approximate surface area is 188 Å². The Kier molecular flexibility index (Phi) is 4.30. The first-order valence-electron chi connectivity index (χ1n) is 10.6. The SMILES string of the molecule is COc1cccc2cc(-c3cc(-c4ccccc4)c4oc5ccc(C)cc5c4n3)c(=O)oc12. The molecule has 0 radical (unpaired) electrons. The molecule has 160 valence electrons. The molecule has 6 rings (SSSR count). The second-order valence-corrected chi connectivity index (χ2v) is 8.03. The molecule has 5 heteroatoms. The molecule has 0 aliphatic heterocycles. The van der Waals surface area contributed by atoms with Crippen molar-refractivity contribution in [1.82, 2.24) is 4.98 Å². The van der Waals surface area contributed by atoms with Crippen molar-refractivity contribution in [3.63, 3.8) is 0 Å². The zero-order valence-electron chi connectivity index (χ0n) is 18.1. The minimum Gasteiger partial charge on any atom is -0.493 e. The molecule has 0 amide bonds. The third-order valence-corrected chi connectivity index (χ3v) is 5.88. The van der Waals surface area contributed by atoms with E-state index in [0.717, 1.165) is 38.6 Å². The largest absolute Gasteiger partial charge is 0.493 e. The van der Waals surface area contributed by atoms with E-state index in [1.165, 1.54) is 0 Å². The normalized spacial score (nSPS) is 11.5. The maximum absolute atomic E-state index is 13.1. The molecular weight excluding hydrogens is 414 g/mol. The second kappa shape index (κ2) is 7.35. The number of aromatic nitrogens is 1. The Hall–Kier alpha value is -4.38. The van der Waals surface area contributed by atoms with Crippen molar-refractivity contribution in [2.45, 2.75) is 6.92 Å². The van der Waals surface area contributed by atoms with Gasteiger partial charge in [0.05, 0.1) is 18.4 Å². The molecular formula is C28H19NO4. The molecule has 3 heterocycles. The summed E-state index contributed by atoms with van der Waals surface area (Å²) in [5.74, 6) is 0.515. The minimum atomic E-state index is -0.471. The number of furan rings is 1. The first kappa shape index (κ1) is 19.3. The molecule has 0 N–H and O–H groups in total. The van der Waals surface area contributed by atoms with Gasteiger partial charge in [-0.05, 0) is 42.8 Å². The lowest BCUT2D eigenvalue weighted by Gasteiger charge is -2.08. The summed E-state index contributed by atoms with van der Waals surface area (Å²) in [6.45, 7) is 2.03. The van der Waals surface area contributed by atoms with Gasteiger partial charge in [0.1, 0.15) is 11.1 Å². The van der Waals surface area contributed by atoms with Crippen LogP contribution in [0.5, 0.6) is 5.75 Å². The number of fused-ring (bicyclic) bond motifs is 4. The predicted molar refractivity (Wildman–Crippen MR) is 130 cm³/mol. The zero-order valence-corrected chi connectivity index (χ0v) is 18.1. The highest BCUT2D eigenvalue weighted by atomic mass is 16.5. The molecule has 0 bridgehead atoms. The van der Waals surface area contributed by atoms with Crippen molar-refractivity contribution in [1.29, 1.82) is 0 Å². The average molecular weight is 433 g/mol. The van der Waals surface area contributed by atoms with Gasteiger partial charge in [-0.1, -0.05) is 54.1 Å². The number of ether oxygens (including phenoxy) is 1. The van der Waals surface area contributed by atoms with Gasteiger partial charge >= 0.3 is 5.63 Å². The van der Waals surface area contributed by atoms with Crippen LogP contribution in [0.15, 0.2) is 92.5 Å². The van der Waals surface area contributed by atoms with Crippen LogP contribution >= 0.6 is 0 Å². The number of methoxy groups -OCH3 is 1. The van der Waals surface area contributed by atoms with Crippen LogP contribution in [0, 0.1) is 6.92 Å². The van der Waals surface area contributed by atoms with Crippen LogP contribution in [0.2, 0.25) is 0 Å². The topological polar surface area (TPSA) is 65.5 Å². The summed E-state index contributed by atoms with van der Waals surface area (Å²) in [5.41, 5.74) is 5.99. The average Bonchev–Trinajstić information content (AvgIpc) is 3.21. The van der Waals surface area contributed by atoms with E-state index >= 15 is 0 Å². The van der Waals surface area contributed by atoms with Gasteiger partial charge in [0.25, 0.3) is 0 Å². The van der Waals surface area contributed by atoms with Crippen LogP contribution in [-0.4, -0.2) is 12.1 Å². The van der Waals surface area contributed by atoms with E-state index in [1.807, 2.05) is 67.6 Å². The Balaban J connectivity index is 1.70. The highest BCUT2D eigenvalue weighted by Gasteiger charge is 2.19. The van der Waals surface area contributed by atoms with Crippen LogP contribution in [0.3, 0.4) is 0 Å². The van der Waals surface area contributed by atoms with E-state index in [1.54, 1.807) is 19.2 Å². The first-order chi connectivity index (χ1) is 16.1. The number of para-hydroxylation sites is 1. The molecule has 6 aromatic rings. The quantitative estimate of drug-likeness (QED) is 0.289. The molecule has 5 nitrogen and oxygen atoms in total. The van der Waals surface area contributed by atoms with E-state index < -0.39 is 5.63 Å². The number of rotatable bonds is 3. The van der Waals surface area contributed by atoms with Crippen molar-refractivity contribution in [2.24, 2.45) is 0 Å². The van der Waals surface area contributed by atoms with Crippen LogP contribution in [-0.2, 0) is 0 Å². The highest BCUT2D eigenvalue weighted by Crippen LogP contribution is 2.38. The molecule has 3 aromatic heterocycles. The lowest BCUT2D eigenvalue weighted by Crippen LogP contribution is -2.05. The summed E-state index contributed by atoms with van der Waals surface area (Å²) in [6.07, 6.45) is 0. The standard InChI is InChI=1S/C28H19NO4/c1-16-11-12-23-21(13-16)25-27(32-23)19(17-7-4-3-5-8-17)15-22(29-25)20-14-18-9-6-10-24(31-2)26(18)33-28(20)30/h3-15H,1-2H3. The Morgan fingerprint density at radius 3 is 2.48 bits per heavy atom. The summed E-state index contributed by atoms with van der Waals surface area (Å²) in [5, 5.41) is 1.68. The number of pyridine rings is 1. The molecule has 3 aromatic carbocycles. The van der Waals surface area contributed by atoms with Crippen molar-refractivity contribution in [2.75, 3.05) is 7.11 Å². The van der Waals surface area contributed by atoms with Gasteiger partial charge in [-0.3, -0.25) is 0 Å². The second-order valence-electron chi connectivity index (χ2n) is 8.03. The Morgan fingerprint density at radius 1 is 0.818 bits per heavy atom. The monoisotopic (exact) mass is 433 g/mol. The zero-order chi connectivity index (χ0) is 22.5. The van der Waals surface area contributed by atoms with Gasteiger partial charge < -0.3 is 13.6 Å². The van der Waals surface area contributed by atoms with Gasteiger partial charge in [0.2, 0.25) is 0 Å². The molecule has 0 unspecified atom stereocenters. The van der Waals surface area contributed by atoms with Crippen LogP contribution in [0.25, 0.3) is 55.4 Å². The molecule has 0 spiro atoms. The first-order valence-corrected chi connectivity index (χ1v) is 10.6. The molecule has 0 saturated carbocycles. The predicted octanol–water partition coefficient (Wildman–Crippen LogP) is 6.74. The van der Waals surface area contributed by atoms with Gasteiger partial charge in [-0.2, -0.15) is 0 Å². The minimum absolute atomic E-state index is 0.386. The smallest absolute Gasteiger partial charge is 0.345 e. The summed E-state index contributed by atoms with van der Waals surface area (Å²) in [7, 11) is 1.55. The number of nitrogens with zero attached hydrogens (tertiary/aromatic N) is 1. The summed E-state index contributed by atoms with van der Waals surface area (Å²) >= 11 is 0. The lowest BCUT2D eigenvalue weighted by molar-refractivity contribution is 0.407. The summed E-state index contributed by atoms with van der Waals surface area (Å²) in [6, 6.07) is 25.2. The number of hydrogen-bond acceptors (Lipinski definition) is 5. The molecule has 0 saturated heterocycles. The summed E-state index contributed by atoms with van der Waals surface area (Å²) in [4.78, 5) is 17.9. The molecule has 0 aliphatic rings. The number of aryl methyl sites for hydroxylation is 1. The Bertz CT molecular complexity index is 1730. The van der Waals surface area contributed by atoms with Crippen molar-refractivity contribution in [3.05, 3.63) is 94.8 Å². The van der Waals surface area contributed by atoms with E-state index in [4.69, 9.17) is 18.6 Å². The van der Waals surface area contributed by atoms with E-state index in [-0.39, 0.29) is 0 Å². The van der Waals surface area contributed by atoms with Gasteiger partial charge in [0, 0.05) is 16.3 Å². The van der Waals surface area contributed by atoms with E-state index in [2.05, 4.69) is 6.07 Å². The van der Waals surface area contributed by atoms with Gasteiger partial charge in [-0.25, -0.2) is 9.78 Å². The van der Waals surface area contributed by atoms with Gasteiger partial charge in [0.15, 0.2) is 16.9 Å². The third kappa shape index (κ3) is 3.09. The molecule has 0 atom stereocenters. The maximum atomic E-state index is 13.1. The number of benzene rings is 3. The summed E-state index contributed by atoms with van der Waals surface area (Å²) < 4.78 is 17.3. The van der Waals surface area contributed by atoms with Crippen LogP contribution in [0.4, 0.5) is 0 Å². The fourth-order valence-corrected chi connectivity index (χ4v) is 4.27. The fourth-order valence-electron chi connectivity index (χ4n) is 4.27. The molecule has 0 aliphatic carbocycles. The van der Waals surface area contributed by atoms with Crippen molar-refractivity contribution in [3.8, 4) is 28.1 Å². The van der Waals surface area contributed by atoms with E-state index in [9.17, 15) is 4.79 Å².